The van der Waals surface area contributed by atoms with Crippen LogP contribution in [0, 0.1) is 0 Å². The average molecular weight is 239 g/mol. The molecule has 0 aliphatic rings. The van der Waals surface area contributed by atoms with E-state index < -0.39 is 5.97 Å². The summed E-state index contributed by atoms with van der Waals surface area (Å²) in [6, 6.07) is 9.85. The number of aliphatic carboxylic acids is 1. The molecule has 0 fully saturated rings. The van der Waals surface area contributed by atoms with Gasteiger partial charge in [-0.05, 0) is 12.1 Å². The van der Waals surface area contributed by atoms with Gasteiger partial charge in [0.05, 0.1) is 19.8 Å². The second kappa shape index (κ2) is 8.55. The number of para-hydroxylation sites is 1. The second-order valence-electron chi connectivity index (χ2n) is 3.35. The molecule has 0 unspecified atom stereocenters. The number of ether oxygens (including phenoxy) is 2. The van der Waals surface area contributed by atoms with Crippen molar-refractivity contribution in [3.05, 3.63) is 30.3 Å². The minimum absolute atomic E-state index is 0.272. The lowest BCUT2D eigenvalue weighted by Gasteiger charge is -2.07. The third-order valence-corrected chi connectivity index (χ3v) is 1.95. The Morgan fingerprint density at radius 1 is 1.12 bits per heavy atom. The predicted molar refractivity (Wildman–Crippen MR) is 64.2 cm³/mol. The molecular formula is C12H17NO4. The highest BCUT2D eigenvalue weighted by molar-refractivity contribution is 5.67. The van der Waals surface area contributed by atoms with Crippen molar-refractivity contribution in [3.8, 4) is 0 Å². The van der Waals surface area contributed by atoms with Gasteiger partial charge in [0, 0.05) is 12.2 Å². The van der Waals surface area contributed by atoms with E-state index >= 15 is 0 Å². The summed E-state index contributed by atoms with van der Waals surface area (Å²) in [5.41, 5.74) is 1.05. The lowest BCUT2D eigenvalue weighted by atomic mass is 10.3. The molecule has 1 aromatic rings. The predicted octanol–water partition coefficient (Wildman–Crippen LogP) is 1.22. The van der Waals surface area contributed by atoms with E-state index in [4.69, 9.17) is 14.6 Å². The molecule has 1 rings (SSSR count). The normalized spacial score (nSPS) is 10.1. The van der Waals surface area contributed by atoms with Crippen LogP contribution in [0.4, 0.5) is 5.69 Å². The number of carboxylic acids is 1. The number of benzene rings is 1. The van der Waals surface area contributed by atoms with Gasteiger partial charge in [0.1, 0.15) is 6.61 Å². The summed E-state index contributed by atoms with van der Waals surface area (Å²) in [5.74, 6) is -0.962. The standard InChI is InChI=1S/C12H17NO4/c14-12(15)10-17-9-8-16-7-6-13-11-4-2-1-3-5-11/h1-5,13H,6-10H2,(H,14,15). The van der Waals surface area contributed by atoms with Crippen molar-refractivity contribution in [1.29, 1.82) is 0 Å². The van der Waals surface area contributed by atoms with E-state index in [0.717, 1.165) is 5.69 Å². The van der Waals surface area contributed by atoms with E-state index in [2.05, 4.69) is 5.32 Å². The van der Waals surface area contributed by atoms with Crippen LogP contribution in [0.5, 0.6) is 0 Å². The van der Waals surface area contributed by atoms with Gasteiger partial charge in [-0.25, -0.2) is 4.79 Å². The highest BCUT2D eigenvalue weighted by atomic mass is 16.5. The maximum atomic E-state index is 10.1. The molecule has 94 valence electrons. The Hall–Kier alpha value is -1.59. The third-order valence-electron chi connectivity index (χ3n) is 1.95. The summed E-state index contributed by atoms with van der Waals surface area (Å²) in [7, 11) is 0. The van der Waals surface area contributed by atoms with E-state index in [1.54, 1.807) is 0 Å². The molecule has 0 aromatic heterocycles. The molecule has 0 aliphatic heterocycles. The molecule has 0 spiro atoms. The quantitative estimate of drug-likeness (QED) is 0.634. The third kappa shape index (κ3) is 7.32. The molecule has 0 aliphatic carbocycles. The molecule has 0 atom stereocenters. The van der Waals surface area contributed by atoms with Gasteiger partial charge in [0.15, 0.2) is 0 Å². The van der Waals surface area contributed by atoms with E-state index in [1.807, 2.05) is 30.3 Å². The van der Waals surface area contributed by atoms with E-state index in [0.29, 0.717) is 26.4 Å². The molecule has 1 aromatic carbocycles. The van der Waals surface area contributed by atoms with Gasteiger partial charge in [-0.1, -0.05) is 18.2 Å². The Morgan fingerprint density at radius 3 is 2.53 bits per heavy atom. The lowest BCUT2D eigenvalue weighted by Crippen LogP contribution is -2.14. The van der Waals surface area contributed by atoms with Crippen LogP contribution in [0.2, 0.25) is 0 Å². The molecule has 0 heterocycles. The second-order valence-corrected chi connectivity index (χ2v) is 3.35. The van der Waals surface area contributed by atoms with E-state index in [9.17, 15) is 4.79 Å². The van der Waals surface area contributed by atoms with Crippen molar-refractivity contribution in [3.63, 3.8) is 0 Å². The van der Waals surface area contributed by atoms with Crippen molar-refractivity contribution >= 4 is 11.7 Å². The maximum absolute atomic E-state index is 10.1. The molecule has 0 amide bonds. The Bertz CT molecular complexity index is 316. The Balaban J connectivity index is 1.90. The average Bonchev–Trinajstić information content (AvgIpc) is 2.33. The zero-order valence-electron chi connectivity index (χ0n) is 9.59. The van der Waals surface area contributed by atoms with Gasteiger partial charge >= 0.3 is 5.97 Å². The van der Waals surface area contributed by atoms with Crippen LogP contribution in [0.3, 0.4) is 0 Å². The summed E-state index contributed by atoms with van der Waals surface area (Å²) in [5, 5.41) is 11.5. The first-order chi connectivity index (χ1) is 8.29. The van der Waals surface area contributed by atoms with Crippen molar-refractivity contribution < 1.29 is 19.4 Å². The molecule has 5 nitrogen and oxygen atoms in total. The summed E-state index contributed by atoms with van der Waals surface area (Å²) < 4.78 is 10.1. The van der Waals surface area contributed by atoms with Gasteiger partial charge < -0.3 is 19.9 Å². The smallest absolute Gasteiger partial charge is 0.329 e. The Morgan fingerprint density at radius 2 is 1.82 bits per heavy atom. The number of anilines is 1. The van der Waals surface area contributed by atoms with Crippen molar-refractivity contribution in [2.45, 2.75) is 0 Å². The molecule has 0 bridgehead atoms. The highest BCUT2D eigenvalue weighted by Gasteiger charge is 1.95. The zero-order valence-corrected chi connectivity index (χ0v) is 9.59. The Kier molecular flexibility index (Phi) is 6.78. The first-order valence-corrected chi connectivity index (χ1v) is 5.45. The van der Waals surface area contributed by atoms with Gasteiger partial charge in [-0.3, -0.25) is 0 Å². The number of nitrogens with one attached hydrogen (secondary N) is 1. The maximum Gasteiger partial charge on any atom is 0.329 e. The topological polar surface area (TPSA) is 67.8 Å². The van der Waals surface area contributed by atoms with E-state index in [1.165, 1.54) is 0 Å². The van der Waals surface area contributed by atoms with Gasteiger partial charge in [-0.2, -0.15) is 0 Å². The fourth-order valence-corrected chi connectivity index (χ4v) is 1.20. The van der Waals surface area contributed by atoms with Gasteiger partial charge in [0.25, 0.3) is 0 Å². The van der Waals surface area contributed by atoms with Crippen LogP contribution in [-0.4, -0.2) is 44.0 Å². The lowest BCUT2D eigenvalue weighted by molar-refractivity contribution is -0.142. The molecule has 0 saturated heterocycles. The van der Waals surface area contributed by atoms with Crippen molar-refractivity contribution in [2.75, 3.05) is 38.3 Å². The number of hydrogen-bond acceptors (Lipinski definition) is 4. The molecule has 0 saturated carbocycles. The summed E-state index contributed by atoms with van der Waals surface area (Å²) >= 11 is 0. The Labute approximate surface area is 100 Å². The molecule has 2 N–H and O–H groups in total. The minimum atomic E-state index is -0.962. The van der Waals surface area contributed by atoms with E-state index in [-0.39, 0.29) is 6.61 Å². The SMILES string of the molecule is O=C(O)COCCOCCNc1ccccc1. The first kappa shape index (κ1) is 13.5. The number of carbonyl (C=O) groups is 1. The first-order valence-electron chi connectivity index (χ1n) is 5.45. The van der Waals surface area contributed by atoms with Crippen molar-refractivity contribution in [2.24, 2.45) is 0 Å². The van der Waals surface area contributed by atoms with Gasteiger partial charge in [-0.15, -0.1) is 0 Å². The van der Waals surface area contributed by atoms with Crippen LogP contribution < -0.4 is 5.32 Å². The summed E-state index contributed by atoms with van der Waals surface area (Å²) in [6.45, 7) is 1.71. The van der Waals surface area contributed by atoms with Crippen LogP contribution in [0.15, 0.2) is 30.3 Å². The fraction of sp³-hybridized carbons (Fsp3) is 0.417. The fourth-order valence-electron chi connectivity index (χ4n) is 1.20. The largest absolute Gasteiger partial charge is 0.480 e. The van der Waals surface area contributed by atoms with Crippen LogP contribution >= 0.6 is 0 Å². The van der Waals surface area contributed by atoms with Crippen LogP contribution in [-0.2, 0) is 14.3 Å². The van der Waals surface area contributed by atoms with Crippen LogP contribution in [0.25, 0.3) is 0 Å². The molecule has 5 heteroatoms. The van der Waals surface area contributed by atoms with Gasteiger partial charge in [0.2, 0.25) is 0 Å². The molecular weight excluding hydrogens is 222 g/mol. The number of hydrogen-bond donors (Lipinski definition) is 2. The minimum Gasteiger partial charge on any atom is -0.480 e. The van der Waals surface area contributed by atoms with Crippen LogP contribution in [0.1, 0.15) is 0 Å². The summed E-state index contributed by atoms with van der Waals surface area (Å²) in [6.07, 6.45) is 0. The zero-order chi connectivity index (χ0) is 12.3. The van der Waals surface area contributed by atoms with Crippen molar-refractivity contribution in [1.82, 2.24) is 0 Å². The monoisotopic (exact) mass is 239 g/mol. The molecule has 0 radical (unpaired) electrons. The highest BCUT2D eigenvalue weighted by Crippen LogP contribution is 2.03. The number of carboxylic acid groups (broad SMARTS) is 1. The summed E-state index contributed by atoms with van der Waals surface area (Å²) in [4.78, 5) is 10.1. The number of rotatable bonds is 9. The molecule has 17 heavy (non-hydrogen) atoms.